The molecule has 0 saturated heterocycles. The van der Waals surface area contributed by atoms with Gasteiger partial charge in [0.05, 0.1) is 0 Å². The van der Waals surface area contributed by atoms with Gasteiger partial charge < -0.3 is 4.74 Å². The number of rotatable bonds is 4. The summed E-state index contributed by atoms with van der Waals surface area (Å²) in [5, 5.41) is 0. The van der Waals surface area contributed by atoms with Crippen LogP contribution in [0, 0.1) is 16.3 Å². The number of carbonyl (C=O) groups excluding carboxylic acids is 1. The highest BCUT2D eigenvalue weighted by Gasteiger charge is 2.09. The molecule has 0 aliphatic heterocycles. The molecule has 0 aliphatic carbocycles. The Morgan fingerprint density at radius 1 is 1.21 bits per heavy atom. The van der Waals surface area contributed by atoms with Crippen LogP contribution in [0.4, 0.5) is 4.39 Å². The van der Waals surface area contributed by atoms with Gasteiger partial charge in [0.1, 0.15) is 0 Å². The average Bonchev–Trinajstić information content (AvgIpc) is 2.40. The predicted molar refractivity (Wildman–Crippen MR) is 80.1 cm³/mol. The van der Waals surface area contributed by atoms with Gasteiger partial charge in [0.2, 0.25) is 0 Å². The summed E-state index contributed by atoms with van der Waals surface area (Å²) in [6, 6.07) is 11.7. The van der Waals surface area contributed by atoms with Gasteiger partial charge in [-0.2, -0.15) is 0 Å². The van der Waals surface area contributed by atoms with E-state index in [0.717, 1.165) is 9.13 Å². The molecule has 98 valence electrons. The van der Waals surface area contributed by atoms with Gasteiger partial charge in [0, 0.05) is 9.13 Å². The van der Waals surface area contributed by atoms with Crippen molar-refractivity contribution < 1.29 is 13.9 Å². The lowest BCUT2D eigenvalue weighted by Crippen LogP contribution is -2.12. The maximum atomic E-state index is 13.4. The van der Waals surface area contributed by atoms with Crippen molar-refractivity contribution in [2.45, 2.75) is 6.92 Å². The molecule has 0 saturated carbocycles. The summed E-state index contributed by atoms with van der Waals surface area (Å²) in [5.74, 6) is -0.517. The number of benzene rings is 2. The van der Waals surface area contributed by atoms with Crippen LogP contribution in [0.15, 0.2) is 42.5 Å². The molecule has 0 bridgehead atoms. The number of carbonyl (C=O) groups is 1. The minimum atomic E-state index is -0.457. The maximum Gasteiger partial charge on any atom is 0.200 e. The lowest BCUT2D eigenvalue weighted by atomic mass is 10.1. The number of halogens is 2. The monoisotopic (exact) mass is 370 g/mol. The van der Waals surface area contributed by atoms with Gasteiger partial charge in [0.25, 0.3) is 0 Å². The largest absolute Gasteiger partial charge is 0.482 e. The SMILES string of the molecule is Cc1ccc(F)c(OCC(=O)c2ccc(I)cc2)c1. The Morgan fingerprint density at radius 2 is 1.89 bits per heavy atom. The Morgan fingerprint density at radius 3 is 2.58 bits per heavy atom. The zero-order valence-electron chi connectivity index (χ0n) is 10.3. The lowest BCUT2D eigenvalue weighted by molar-refractivity contribution is 0.0918. The average molecular weight is 370 g/mol. The van der Waals surface area contributed by atoms with E-state index >= 15 is 0 Å². The van der Waals surface area contributed by atoms with E-state index in [1.54, 1.807) is 24.3 Å². The van der Waals surface area contributed by atoms with Crippen LogP contribution in [0.25, 0.3) is 0 Å². The van der Waals surface area contributed by atoms with Crippen LogP contribution in [-0.2, 0) is 0 Å². The van der Waals surface area contributed by atoms with E-state index in [2.05, 4.69) is 22.6 Å². The standard InChI is InChI=1S/C15H12FIO2/c1-10-2-7-13(16)15(8-10)19-9-14(18)11-3-5-12(17)6-4-11/h2-8H,9H2,1H3. The van der Waals surface area contributed by atoms with E-state index in [-0.39, 0.29) is 18.1 Å². The van der Waals surface area contributed by atoms with Gasteiger partial charge in [-0.1, -0.05) is 18.2 Å². The van der Waals surface area contributed by atoms with Gasteiger partial charge in [-0.15, -0.1) is 0 Å². The first-order valence-electron chi connectivity index (χ1n) is 5.74. The summed E-state index contributed by atoms with van der Waals surface area (Å²) in [7, 11) is 0. The van der Waals surface area contributed by atoms with Gasteiger partial charge in [-0.05, 0) is 59.3 Å². The molecule has 0 radical (unpaired) electrons. The molecule has 4 heteroatoms. The highest BCUT2D eigenvalue weighted by atomic mass is 127. The summed E-state index contributed by atoms with van der Waals surface area (Å²) >= 11 is 2.17. The van der Waals surface area contributed by atoms with Crippen molar-refractivity contribution in [3.05, 3.63) is 63.0 Å². The predicted octanol–water partition coefficient (Wildman–Crippen LogP) is 4.00. The quantitative estimate of drug-likeness (QED) is 0.601. The summed E-state index contributed by atoms with van der Waals surface area (Å²) in [5.41, 5.74) is 1.45. The molecule has 2 aromatic rings. The smallest absolute Gasteiger partial charge is 0.200 e. The molecule has 0 spiro atoms. The number of ether oxygens (including phenoxy) is 1. The Kier molecular flexibility index (Phi) is 4.52. The molecule has 0 atom stereocenters. The van der Waals surface area contributed by atoms with Gasteiger partial charge in [-0.25, -0.2) is 4.39 Å². The molecule has 2 aromatic carbocycles. The molecular formula is C15H12FIO2. The molecule has 19 heavy (non-hydrogen) atoms. The number of ketones is 1. The zero-order chi connectivity index (χ0) is 13.8. The van der Waals surface area contributed by atoms with Crippen LogP contribution < -0.4 is 4.74 Å². The highest BCUT2D eigenvalue weighted by Crippen LogP contribution is 2.18. The second-order valence-electron chi connectivity index (χ2n) is 4.15. The highest BCUT2D eigenvalue weighted by molar-refractivity contribution is 14.1. The number of hydrogen-bond acceptors (Lipinski definition) is 2. The van der Waals surface area contributed by atoms with Gasteiger partial charge >= 0.3 is 0 Å². The second kappa shape index (κ2) is 6.14. The van der Waals surface area contributed by atoms with Crippen LogP contribution in [0.3, 0.4) is 0 Å². The fourth-order valence-corrected chi connectivity index (χ4v) is 1.94. The Labute approximate surface area is 124 Å². The molecule has 0 heterocycles. The van der Waals surface area contributed by atoms with Crippen molar-refractivity contribution >= 4 is 28.4 Å². The van der Waals surface area contributed by atoms with E-state index in [9.17, 15) is 9.18 Å². The molecule has 0 unspecified atom stereocenters. The van der Waals surface area contributed by atoms with E-state index in [4.69, 9.17) is 4.74 Å². The van der Waals surface area contributed by atoms with Crippen LogP contribution >= 0.6 is 22.6 Å². The summed E-state index contributed by atoms with van der Waals surface area (Å²) in [6.07, 6.45) is 0. The fourth-order valence-electron chi connectivity index (χ4n) is 1.58. The summed E-state index contributed by atoms with van der Waals surface area (Å²) in [6.45, 7) is 1.67. The van der Waals surface area contributed by atoms with Gasteiger partial charge in [-0.3, -0.25) is 4.79 Å². The van der Waals surface area contributed by atoms with E-state index in [0.29, 0.717) is 5.56 Å². The Balaban J connectivity index is 2.04. The molecule has 2 nitrogen and oxygen atoms in total. The van der Waals surface area contributed by atoms with E-state index < -0.39 is 5.82 Å². The third kappa shape index (κ3) is 3.76. The fraction of sp³-hybridized carbons (Fsp3) is 0.133. The lowest BCUT2D eigenvalue weighted by Gasteiger charge is -2.07. The third-order valence-corrected chi connectivity index (χ3v) is 3.33. The number of hydrogen-bond donors (Lipinski definition) is 0. The first-order chi connectivity index (χ1) is 9.06. The first kappa shape index (κ1) is 14.0. The molecule has 0 N–H and O–H groups in total. The third-order valence-electron chi connectivity index (χ3n) is 2.61. The van der Waals surface area contributed by atoms with Crippen LogP contribution in [0.2, 0.25) is 0 Å². The van der Waals surface area contributed by atoms with Gasteiger partial charge in [0.15, 0.2) is 24.0 Å². The molecule has 0 fully saturated rings. The van der Waals surface area contributed by atoms with Crippen molar-refractivity contribution in [3.63, 3.8) is 0 Å². The minimum absolute atomic E-state index is 0.110. The topological polar surface area (TPSA) is 26.3 Å². The molecule has 2 rings (SSSR count). The number of Topliss-reactive ketones (excluding diaryl/α,β-unsaturated/α-hetero) is 1. The van der Waals surface area contributed by atoms with E-state index in [1.807, 2.05) is 19.1 Å². The Bertz CT molecular complexity index is 594. The van der Waals surface area contributed by atoms with Crippen molar-refractivity contribution in [1.29, 1.82) is 0 Å². The van der Waals surface area contributed by atoms with Crippen LogP contribution in [0.1, 0.15) is 15.9 Å². The normalized spacial score (nSPS) is 10.3. The maximum absolute atomic E-state index is 13.4. The first-order valence-corrected chi connectivity index (χ1v) is 6.82. The molecule has 0 aromatic heterocycles. The number of aryl methyl sites for hydroxylation is 1. The zero-order valence-corrected chi connectivity index (χ0v) is 12.5. The van der Waals surface area contributed by atoms with Crippen molar-refractivity contribution in [2.24, 2.45) is 0 Å². The Hall–Kier alpha value is -1.43. The minimum Gasteiger partial charge on any atom is -0.482 e. The summed E-state index contributed by atoms with van der Waals surface area (Å²) < 4.78 is 19.7. The van der Waals surface area contributed by atoms with Crippen molar-refractivity contribution in [2.75, 3.05) is 6.61 Å². The summed E-state index contributed by atoms with van der Waals surface area (Å²) in [4.78, 5) is 11.9. The van der Waals surface area contributed by atoms with E-state index in [1.165, 1.54) is 6.07 Å². The second-order valence-corrected chi connectivity index (χ2v) is 5.40. The molecular weight excluding hydrogens is 358 g/mol. The van der Waals surface area contributed by atoms with Crippen LogP contribution in [0.5, 0.6) is 5.75 Å². The van der Waals surface area contributed by atoms with Crippen molar-refractivity contribution in [3.8, 4) is 5.75 Å². The van der Waals surface area contributed by atoms with Crippen LogP contribution in [-0.4, -0.2) is 12.4 Å². The molecule has 0 aliphatic rings. The van der Waals surface area contributed by atoms with Crippen molar-refractivity contribution in [1.82, 2.24) is 0 Å². The molecule has 0 amide bonds.